The highest BCUT2D eigenvalue weighted by Gasteiger charge is 2.03. The molecule has 0 aliphatic heterocycles. The summed E-state index contributed by atoms with van der Waals surface area (Å²) in [5.74, 6) is 0.0153. The summed E-state index contributed by atoms with van der Waals surface area (Å²) in [4.78, 5) is 27.0. The molecule has 0 fully saturated rings. The molecule has 6 heteroatoms. The van der Waals surface area contributed by atoms with Crippen LogP contribution in [0.25, 0.3) is 0 Å². The second-order valence-corrected chi connectivity index (χ2v) is 2.37. The molecule has 0 aliphatic rings. The van der Waals surface area contributed by atoms with Gasteiger partial charge in [0, 0.05) is 6.54 Å². The number of hydrogen-bond donors (Lipinski definition) is 2. The summed E-state index contributed by atoms with van der Waals surface area (Å²) < 4.78 is 0. The van der Waals surface area contributed by atoms with Crippen LogP contribution in [-0.4, -0.2) is 30.9 Å². The predicted molar refractivity (Wildman–Crippen MR) is 47.9 cm³/mol. The molecule has 0 aromatic heterocycles. The van der Waals surface area contributed by atoms with Crippen molar-refractivity contribution in [3.8, 4) is 0 Å². The van der Waals surface area contributed by atoms with Gasteiger partial charge < -0.3 is 16.3 Å². The highest BCUT2D eigenvalue weighted by atomic mass is 16.1. The average molecular weight is 184 g/mol. The summed E-state index contributed by atoms with van der Waals surface area (Å²) in [5, 5.41) is 0. The van der Waals surface area contributed by atoms with Gasteiger partial charge in [0.1, 0.15) is 12.3 Å². The summed E-state index contributed by atoms with van der Waals surface area (Å²) in [5.41, 5.74) is 10.1. The predicted octanol–water partition coefficient (Wildman–Crippen LogP) is -1.06. The Bertz CT molecular complexity index is 229. The molecule has 1 unspecified atom stereocenters. The maximum Gasteiger partial charge on any atom is 0.235 e. The summed E-state index contributed by atoms with van der Waals surface area (Å²) >= 11 is 0. The first-order valence-electron chi connectivity index (χ1n) is 3.78. The average Bonchev–Trinajstić information content (AvgIpc) is 2.10. The van der Waals surface area contributed by atoms with Crippen LogP contribution in [0.1, 0.15) is 12.8 Å². The molecule has 0 heterocycles. The van der Waals surface area contributed by atoms with Crippen molar-refractivity contribution < 1.29 is 9.59 Å². The number of isocyanates is 1. The number of carbonyl (C=O) groups is 1. The fourth-order valence-electron chi connectivity index (χ4n) is 0.739. The summed E-state index contributed by atoms with van der Waals surface area (Å²) in [6.07, 6.45) is 2.98. The molecule has 0 bridgehead atoms. The van der Waals surface area contributed by atoms with E-state index in [1.807, 2.05) is 0 Å². The molecule has 4 N–H and O–H groups in total. The van der Waals surface area contributed by atoms with Gasteiger partial charge in [-0.3, -0.25) is 4.99 Å². The summed E-state index contributed by atoms with van der Waals surface area (Å²) in [6.45, 7) is 0.432. The lowest BCUT2D eigenvalue weighted by Gasteiger charge is -1.99. The molecule has 0 aromatic rings. The minimum absolute atomic E-state index is 0.0153. The molecular formula is C7H12N4O2. The second kappa shape index (κ2) is 7.00. The zero-order valence-electron chi connectivity index (χ0n) is 7.14. The number of guanidine groups is 1. The topological polar surface area (TPSA) is 111 Å². The first-order valence-corrected chi connectivity index (χ1v) is 3.78. The zero-order chi connectivity index (χ0) is 10.1. The summed E-state index contributed by atoms with van der Waals surface area (Å²) in [7, 11) is 0. The van der Waals surface area contributed by atoms with Crippen molar-refractivity contribution in [2.75, 3.05) is 6.54 Å². The number of carbonyl (C=O) groups excluding carboxylic acids is 2. The first-order chi connectivity index (χ1) is 6.20. The molecule has 1 atom stereocenters. The van der Waals surface area contributed by atoms with E-state index in [9.17, 15) is 9.59 Å². The van der Waals surface area contributed by atoms with Crippen LogP contribution in [0.2, 0.25) is 0 Å². The van der Waals surface area contributed by atoms with Crippen LogP contribution in [0.5, 0.6) is 0 Å². The van der Waals surface area contributed by atoms with E-state index in [0.717, 1.165) is 0 Å². The highest BCUT2D eigenvalue weighted by Crippen LogP contribution is 1.98. The lowest BCUT2D eigenvalue weighted by molar-refractivity contribution is -0.108. The van der Waals surface area contributed by atoms with Crippen LogP contribution in [0.15, 0.2) is 9.98 Å². The molecule has 0 saturated carbocycles. The molecule has 6 nitrogen and oxygen atoms in total. The van der Waals surface area contributed by atoms with Crippen LogP contribution < -0.4 is 11.5 Å². The smallest absolute Gasteiger partial charge is 0.235 e. The highest BCUT2D eigenvalue weighted by molar-refractivity contribution is 5.75. The third kappa shape index (κ3) is 6.71. The maximum atomic E-state index is 10.3. The molecule has 0 aliphatic carbocycles. The number of rotatable bonds is 6. The Morgan fingerprint density at radius 1 is 1.54 bits per heavy atom. The van der Waals surface area contributed by atoms with Crippen LogP contribution in [0.3, 0.4) is 0 Å². The number of hydrogen-bond acceptors (Lipinski definition) is 4. The van der Waals surface area contributed by atoms with E-state index in [2.05, 4.69) is 9.98 Å². The number of aliphatic imine (C=N–C) groups is 2. The Hall–Kier alpha value is -1.68. The normalized spacial score (nSPS) is 11.1. The Kier molecular flexibility index (Phi) is 6.09. The van der Waals surface area contributed by atoms with Crippen molar-refractivity contribution in [2.45, 2.75) is 18.9 Å². The van der Waals surface area contributed by atoms with Crippen molar-refractivity contribution >= 4 is 18.3 Å². The van der Waals surface area contributed by atoms with Crippen LogP contribution in [0.4, 0.5) is 0 Å². The van der Waals surface area contributed by atoms with Gasteiger partial charge in [-0.25, -0.2) is 4.79 Å². The lowest BCUT2D eigenvalue weighted by atomic mass is 10.2. The third-order valence-electron chi connectivity index (χ3n) is 1.33. The van der Waals surface area contributed by atoms with Gasteiger partial charge in [-0.05, 0) is 12.8 Å². The maximum absolute atomic E-state index is 10.3. The number of nitrogens with zero attached hydrogens (tertiary/aromatic N) is 2. The lowest BCUT2D eigenvalue weighted by Crippen LogP contribution is -2.23. The molecule has 0 amide bonds. The van der Waals surface area contributed by atoms with Gasteiger partial charge in [-0.2, -0.15) is 4.99 Å². The van der Waals surface area contributed by atoms with Crippen LogP contribution in [-0.2, 0) is 9.59 Å². The van der Waals surface area contributed by atoms with Gasteiger partial charge >= 0.3 is 0 Å². The zero-order valence-corrected chi connectivity index (χ0v) is 7.14. The van der Waals surface area contributed by atoms with Gasteiger partial charge in [0.25, 0.3) is 0 Å². The van der Waals surface area contributed by atoms with Gasteiger partial charge in [-0.1, -0.05) is 0 Å². The Morgan fingerprint density at radius 3 is 2.69 bits per heavy atom. The van der Waals surface area contributed by atoms with E-state index >= 15 is 0 Å². The molecule has 0 spiro atoms. The van der Waals surface area contributed by atoms with Crippen molar-refractivity contribution in [1.82, 2.24) is 0 Å². The van der Waals surface area contributed by atoms with E-state index in [1.165, 1.54) is 6.08 Å². The standard InChI is InChI=1S/C7H12N4O2/c8-7(9)10-3-1-2-6(4-12)11-5-13/h4,6H,1-3H2,(H4,8,9,10). The van der Waals surface area contributed by atoms with E-state index in [0.29, 0.717) is 25.7 Å². The molecular weight excluding hydrogens is 172 g/mol. The van der Waals surface area contributed by atoms with Gasteiger partial charge in [0.2, 0.25) is 6.08 Å². The fourth-order valence-corrected chi connectivity index (χ4v) is 0.739. The molecule has 13 heavy (non-hydrogen) atoms. The van der Waals surface area contributed by atoms with Gasteiger partial charge in [0.05, 0.1) is 0 Å². The fraction of sp³-hybridized carbons (Fsp3) is 0.571. The molecule has 0 rings (SSSR count). The van der Waals surface area contributed by atoms with Crippen molar-refractivity contribution in [1.29, 1.82) is 0 Å². The largest absolute Gasteiger partial charge is 0.370 e. The van der Waals surface area contributed by atoms with Gasteiger partial charge in [-0.15, -0.1) is 0 Å². The van der Waals surface area contributed by atoms with Crippen molar-refractivity contribution in [3.63, 3.8) is 0 Å². The van der Waals surface area contributed by atoms with Crippen molar-refractivity contribution in [2.24, 2.45) is 21.5 Å². The Labute approximate surface area is 75.7 Å². The Morgan fingerprint density at radius 2 is 2.23 bits per heavy atom. The van der Waals surface area contributed by atoms with E-state index < -0.39 is 6.04 Å². The van der Waals surface area contributed by atoms with Crippen molar-refractivity contribution in [3.05, 3.63) is 0 Å². The van der Waals surface area contributed by atoms with Crippen LogP contribution in [0, 0.1) is 0 Å². The molecule has 0 radical (unpaired) electrons. The molecule has 72 valence electrons. The number of nitrogens with two attached hydrogens (primary N) is 2. The SMILES string of the molecule is NC(N)=NCCCC(C=O)N=C=O. The van der Waals surface area contributed by atoms with E-state index in [-0.39, 0.29) is 5.96 Å². The molecule has 0 aromatic carbocycles. The van der Waals surface area contributed by atoms with Gasteiger partial charge in [0.15, 0.2) is 5.96 Å². The second-order valence-electron chi connectivity index (χ2n) is 2.37. The van der Waals surface area contributed by atoms with E-state index in [1.54, 1.807) is 0 Å². The quantitative estimate of drug-likeness (QED) is 0.180. The Balaban J connectivity index is 3.67. The molecule has 0 saturated heterocycles. The summed E-state index contributed by atoms with van der Waals surface area (Å²) in [6, 6.07) is -0.619. The minimum atomic E-state index is -0.619. The first kappa shape index (κ1) is 11.3. The monoisotopic (exact) mass is 184 g/mol. The number of aldehydes is 1. The third-order valence-corrected chi connectivity index (χ3v) is 1.33. The minimum Gasteiger partial charge on any atom is -0.370 e. The van der Waals surface area contributed by atoms with E-state index in [4.69, 9.17) is 11.5 Å². The van der Waals surface area contributed by atoms with Crippen LogP contribution >= 0.6 is 0 Å².